The Morgan fingerprint density at radius 1 is 1.35 bits per heavy atom. The van der Waals surface area contributed by atoms with Gasteiger partial charge in [0.25, 0.3) is 0 Å². The second-order valence-corrected chi connectivity index (χ2v) is 6.85. The maximum Gasteiger partial charge on any atom is 0.0963 e. The van der Waals surface area contributed by atoms with Crippen LogP contribution in [0.15, 0.2) is 0 Å². The van der Waals surface area contributed by atoms with Crippen molar-refractivity contribution in [1.82, 2.24) is 0 Å². The predicted molar refractivity (Wildman–Crippen MR) is 75.8 cm³/mol. The van der Waals surface area contributed by atoms with E-state index < -0.39 is 0 Å². The SMILES string of the molecule is CC(C)(CCCCSC1CCOCC1)C(=N)N. The highest BCUT2D eigenvalue weighted by Gasteiger charge is 2.20. The van der Waals surface area contributed by atoms with Crippen molar-refractivity contribution in [2.75, 3.05) is 19.0 Å². The monoisotopic (exact) mass is 258 g/mol. The lowest BCUT2D eigenvalue weighted by Gasteiger charge is -2.23. The Hall–Kier alpha value is -0.220. The summed E-state index contributed by atoms with van der Waals surface area (Å²) in [6, 6.07) is 0. The molecule has 0 saturated carbocycles. The maximum atomic E-state index is 7.50. The lowest BCUT2D eigenvalue weighted by Crippen LogP contribution is -2.30. The molecule has 3 N–H and O–H groups in total. The molecular weight excluding hydrogens is 232 g/mol. The van der Waals surface area contributed by atoms with E-state index in [9.17, 15) is 0 Å². The van der Waals surface area contributed by atoms with Crippen LogP contribution in [0.2, 0.25) is 0 Å². The third-order valence-corrected chi connectivity index (χ3v) is 4.91. The normalized spacial score (nSPS) is 18.2. The van der Waals surface area contributed by atoms with E-state index in [1.165, 1.54) is 31.4 Å². The number of thioether (sulfide) groups is 1. The van der Waals surface area contributed by atoms with Crippen LogP contribution in [-0.2, 0) is 4.74 Å². The molecule has 0 unspecified atom stereocenters. The second kappa shape index (κ2) is 7.27. The van der Waals surface area contributed by atoms with Crippen LogP contribution in [-0.4, -0.2) is 30.1 Å². The Bertz CT molecular complexity index is 238. The average Bonchev–Trinajstić information content (AvgIpc) is 2.29. The van der Waals surface area contributed by atoms with Crippen molar-refractivity contribution in [3.63, 3.8) is 0 Å². The molecular formula is C13H26N2OS. The van der Waals surface area contributed by atoms with Crippen molar-refractivity contribution in [3.05, 3.63) is 0 Å². The molecule has 1 aliphatic heterocycles. The molecule has 1 saturated heterocycles. The summed E-state index contributed by atoms with van der Waals surface area (Å²) in [5, 5.41) is 8.31. The molecule has 0 radical (unpaired) electrons. The van der Waals surface area contributed by atoms with Crippen molar-refractivity contribution in [2.45, 2.75) is 51.2 Å². The van der Waals surface area contributed by atoms with Crippen LogP contribution in [0.3, 0.4) is 0 Å². The summed E-state index contributed by atoms with van der Waals surface area (Å²) in [6.45, 7) is 5.99. The van der Waals surface area contributed by atoms with Crippen LogP contribution >= 0.6 is 11.8 Å². The van der Waals surface area contributed by atoms with E-state index in [2.05, 4.69) is 25.6 Å². The van der Waals surface area contributed by atoms with Gasteiger partial charge in [-0.2, -0.15) is 11.8 Å². The van der Waals surface area contributed by atoms with Gasteiger partial charge in [-0.15, -0.1) is 0 Å². The van der Waals surface area contributed by atoms with Gasteiger partial charge in [0.05, 0.1) is 5.84 Å². The van der Waals surface area contributed by atoms with E-state index in [1.807, 2.05) is 0 Å². The largest absolute Gasteiger partial charge is 0.387 e. The minimum absolute atomic E-state index is 0.122. The highest BCUT2D eigenvalue weighted by atomic mass is 32.2. The molecule has 0 aromatic rings. The molecule has 0 aromatic heterocycles. The van der Waals surface area contributed by atoms with E-state index in [4.69, 9.17) is 15.9 Å². The predicted octanol–water partition coefficient (Wildman–Crippen LogP) is 3.03. The highest BCUT2D eigenvalue weighted by Crippen LogP contribution is 2.26. The zero-order valence-electron chi connectivity index (χ0n) is 11.1. The van der Waals surface area contributed by atoms with Crippen LogP contribution in [0.25, 0.3) is 0 Å². The summed E-state index contributed by atoms with van der Waals surface area (Å²) in [6.07, 6.45) is 5.85. The number of nitrogens with one attached hydrogen (secondary N) is 1. The maximum absolute atomic E-state index is 7.50. The second-order valence-electron chi connectivity index (χ2n) is 5.44. The fraction of sp³-hybridized carbons (Fsp3) is 0.923. The first-order valence-electron chi connectivity index (χ1n) is 6.56. The minimum Gasteiger partial charge on any atom is -0.387 e. The Morgan fingerprint density at radius 2 is 2.00 bits per heavy atom. The van der Waals surface area contributed by atoms with Crippen molar-refractivity contribution in [1.29, 1.82) is 5.41 Å². The zero-order chi connectivity index (χ0) is 12.7. The smallest absolute Gasteiger partial charge is 0.0963 e. The zero-order valence-corrected chi connectivity index (χ0v) is 11.9. The van der Waals surface area contributed by atoms with Crippen LogP contribution in [0, 0.1) is 10.8 Å². The lowest BCUT2D eigenvalue weighted by molar-refractivity contribution is 0.100. The molecule has 3 nitrogen and oxygen atoms in total. The standard InChI is InChI=1S/C13H26N2OS/c1-13(2,12(14)15)7-3-4-10-17-11-5-8-16-9-6-11/h11H,3-10H2,1-2H3,(H3,14,15). The van der Waals surface area contributed by atoms with Gasteiger partial charge in [0.15, 0.2) is 0 Å². The third-order valence-electron chi connectivity index (χ3n) is 3.45. The third kappa shape index (κ3) is 5.77. The summed E-state index contributed by atoms with van der Waals surface area (Å²) in [4.78, 5) is 0. The molecule has 0 atom stereocenters. The Morgan fingerprint density at radius 3 is 2.59 bits per heavy atom. The topological polar surface area (TPSA) is 59.1 Å². The van der Waals surface area contributed by atoms with Crippen LogP contribution in [0.1, 0.15) is 46.0 Å². The first kappa shape index (κ1) is 14.8. The van der Waals surface area contributed by atoms with Crippen molar-refractivity contribution in [2.24, 2.45) is 11.1 Å². The number of unbranched alkanes of at least 4 members (excludes halogenated alkanes) is 1. The van der Waals surface area contributed by atoms with Gasteiger partial charge in [0, 0.05) is 23.9 Å². The molecule has 4 heteroatoms. The molecule has 0 spiro atoms. The summed E-state index contributed by atoms with van der Waals surface area (Å²) >= 11 is 2.09. The van der Waals surface area contributed by atoms with Crippen LogP contribution in [0.5, 0.6) is 0 Å². The average molecular weight is 258 g/mol. The van der Waals surface area contributed by atoms with Crippen LogP contribution < -0.4 is 5.73 Å². The van der Waals surface area contributed by atoms with Gasteiger partial charge in [-0.3, -0.25) is 5.41 Å². The van der Waals surface area contributed by atoms with Gasteiger partial charge >= 0.3 is 0 Å². The van der Waals surface area contributed by atoms with E-state index in [0.717, 1.165) is 24.9 Å². The summed E-state index contributed by atoms with van der Waals surface area (Å²) in [7, 11) is 0. The summed E-state index contributed by atoms with van der Waals surface area (Å²) in [5.74, 6) is 1.55. The molecule has 0 amide bonds. The molecule has 0 aliphatic carbocycles. The lowest BCUT2D eigenvalue weighted by atomic mass is 9.86. The summed E-state index contributed by atoms with van der Waals surface area (Å²) in [5.41, 5.74) is 5.44. The van der Waals surface area contributed by atoms with Crippen molar-refractivity contribution >= 4 is 17.6 Å². The quantitative estimate of drug-likeness (QED) is 0.419. The van der Waals surface area contributed by atoms with Gasteiger partial charge in [-0.05, 0) is 31.4 Å². The van der Waals surface area contributed by atoms with E-state index in [0.29, 0.717) is 5.84 Å². The fourth-order valence-electron chi connectivity index (χ4n) is 1.90. The Balaban J connectivity index is 2.02. The molecule has 100 valence electrons. The number of hydrogen-bond donors (Lipinski definition) is 2. The van der Waals surface area contributed by atoms with Crippen molar-refractivity contribution in [3.8, 4) is 0 Å². The molecule has 1 aliphatic rings. The molecule has 0 bridgehead atoms. The van der Waals surface area contributed by atoms with Gasteiger partial charge < -0.3 is 10.5 Å². The van der Waals surface area contributed by atoms with E-state index >= 15 is 0 Å². The van der Waals surface area contributed by atoms with Gasteiger partial charge in [-0.25, -0.2) is 0 Å². The van der Waals surface area contributed by atoms with E-state index in [1.54, 1.807) is 0 Å². The number of hydrogen-bond acceptors (Lipinski definition) is 3. The fourth-order valence-corrected chi connectivity index (χ4v) is 3.13. The minimum atomic E-state index is -0.122. The van der Waals surface area contributed by atoms with Crippen LogP contribution in [0.4, 0.5) is 0 Å². The Labute approximate surface area is 109 Å². The molecule has 1 rings (SSSR count). The first-order valence-corrected chi connectivity index (χ1v) is 7.61. The van der Waals surface area contributed by atoms with E-state index in [-0.39, 0.29) is 5.41 Å². The highest BCUT2D eigenvalue weighted by molar-refractivity contribution is 7.99. The van der Waals surface area contributed by atoms with Gasteiger partial charge in [-0.1, -0.05) is 20.3 Å². The van der Waals surface area contributed by atoms with Gasteiger partial charge in [0.1, 0.15) is 0 Å². The molecule has 1 heterocycles. The first-order chi connectivity index (χ1) is 8.02. The number of nitrogens with two attached hydrogens (primary N) is 1. The van der Waals surface area contributed by atoms with Gasteiger partial charge in [0.2, 0.25) is 0 Å². The number of rotatable bonds is 7. The summed E-state index contributed by atoms with van der Waals surface area (Å²) < 4.78 is 5.35. The number of amidine groups is 1. The molecule has 0 aromatic carbocycles. The Kier molecular flexibility index (Phi) is 6.34. The molecule has 1 fully saturated rings. The van der Waals surface area contributed by atoms with Crippen molar-refractivity contribution < 1.29 is 4.74 Å². The number of ether oxygens (including phenoxy) is 1. The molecule has 17 heavy (non-hydrogen) atoms.